The molecule has 0 fully saturated rings. The quantitative estimate of drug-likeness (QED) is 0.511. The summed E-state index contributed by atoms with van der Waals surface area (Å²) in [5.41, 5.74) is 11.5. The first-order valence-corrected chi connectivity index (χ1v) is 9.01. The van der Waals surface area contributed by atoms with E-state index in [4.69, 9.17) is 10.5 Å². The number of hydrogen-bond acceptors (Lipinski definition) is 4. The van der Waals surface area contributed by atoms with Crippen molar-refractivity contribution in [3.05, 3.63) is 78.2 Å². The summed E-state index contributed by atoms with van der Waals surface area (Å²) in [6.45, 7) is 2.46. The van der Waals surface area contributed by atoms with Gasteiger partial charge in [-0.15, -0.1) is 12.4 Å². The van der Waals surface area contributed by atoms with Crippen molar-refractivity contribution in [3.8, 4) is 16.9 Å². The van der Waals surface area contributed by atoms with Crippen LogP contribution >= 0.6 is 12.4 Å². The fourth-order valence-corrected chi connectivity index (χ4v) is 3.15. The van der Waals surface area contributed by atoms with Gasteiger partial charge < -0.3 is 10.5 Å². The van der Waals surface area contributed by atoms with E-state index in [-0.39, 0.29) is 18.4 Å². The Balaban J connectivity index is 0.00000225. The van der Waals surface area contributed by atoms with Gasteiger partial charge in [0.2, 0.25) is 0 Å². The lowest BCUT2D eigenvalue weighted by atomic mass is 10.0. The molecule has 0 aliphatic carbocycles. The van der Waals surface area contributed by atoms with Crippen molar-refractivity contribution in [3.63, 3.8) is 0 Å². The average molecular weight is 395 g/mol. The molecular formula is C22H23ClN4O. The number of nitrogens with two attached hydrogens (primary N) is 1. The van der Waals surface area contributed by atoms with E-state index in [0.717, 1.165) is 39.9 Å². The first-order chi connectivity index (χ1) is 13.2. The molecule has 1 unspecified atom stereocenters. The Bertz CT molecular complexity index is 1050. The molecule has 4 rings (SSSR count). The van der Waals surface area contributed by atoms with Crippen molar-refractivity contribution in [1.82, 2.24) is 15.2 Å². The highest BCUT2D eigenvalue weighted by Crippen LogP contribution is 2.27. The molecule has 5 nitrogen and oxygen atoms in total. The van der Waals surface area contributed by atoms with Crippen LogP contribution in [0.4, 0.5) is 0 Å². The maximum atomic E-state index is 6.21. The van der Waals surface area contributed by atoms with Gasteiger partial charge in [0.1, 0.15) is 12.4 Å². The third kappa shape index (κ3) is 4.50. The standard InChI is InChI=1S/C22H22N4O.ClH/c1-15-21-11-17(7-8-22(21)26-25-15)18-10-20(13-24-12-18)27-14-19(23)9-16-5-3-2-4-6-16;/h2-8,10-13,19H,9,14,23H2,1H3,(H,25,26);1H. The van der Waals surface area contributed by atoms with Gasteiger partial charge in [-0.05, 0) is 42.7 Å². The maximum absolute atomic E-state index is 6.21. The molecule has 3 N–H and O–H groups in total. The lowest BCUT2D eigenvalue weighted by molar-refractivity contribution is 0.286. The second-order valence-electron chi connectivity index (χ2n) is 6.75. The number of nitrogens with zero attached hydrogens (tertiary/aromatic N) is 2. The van der Waals surface area contributed by atoms with Gasteiger partial charge in [0.15, 0.2) is 0 Å². The van der Waals surface area contributed by atoms with Crippen LogP contribution in [-0.2, 0) is 6.42 Å². The van der Waals surface area contributed by atoms with E-state index in [1.54, 1.807) is 6.20 Å². The number of rotatable bonds is 6. The zero-order chi connectivity index (χ0) is 18.6. The predicted octanol–water partition coefficient (Wildman–Crippen LogP) is 4.30. The number of pyridine rings is 1. The van der Waals surface area contributed by atoms with Crippen molar-refractivity contribution in [2.24, 2.45) is 5.73 Å². The Morgan fingerprint density at radius 3 is 2.68 bits per heavy atom. The molecular weight excluding hydrogens is 372 g/mol. The van der Waals surface area contributed by atoms with E-state index in [0.29, 0.717) is 6.61 Å². The molecule has 0 bridgehead atoms. The van der Waals surface area contributed by atoms with E-state index in [2.05, 4.69) is 33.4 Å². The second kappa shape index (κ2) is 8.87. The zero-order valence-corrected chi connectivity index (χ0v) is 16.4. The molecule has 0 amide bonds. The normalized spacial score (nSPS) is 11.8. The molecule has 0 aliphatic rings. The topological polar surface area (TPSA) is 76.8 Å². The summed E-state index contributed by atoms with van der Waals surface area (Å²) < 4.78 is 5.89. The molecule has 0 saturated carbocycles. The van der Waals surface area contributed by atoms with Crippen LogP contribution in [0.5, 0.6) is 5.75 Å². The molecule has 2 heterocycles. The summed E-state index contributed by atoms with van der Waals surface area (Å²) in [7, 11) is 0. The number of fused-ring (bicyclic) bond motifs is 1. The molecule has 28 heavy (non-hydrogen) atoms. The molecule has 4 aromatic rings. The monoisotopic (exact) mass is 394 g/mol. The van der Waals surface area contributed by atoms with Crippen molar-refractivity contribution < 1.29 is 4.74 Å². The molecule has 0 saturated heterocycles. The highest BCUT2D eigenvalue weighted by atomic mass is 35.5. The van der Waals surface area contributed by atoms with Crippen LogP contribution < -0.4 is 10.5 Å². The van der Waals surface area contributed by atoms with Crippen LogP contribution in [0.1, 0.15) is 11.3 Å². The number of benzene rings is 2. The Labute approximate surface area is 170 Å². The van der Waals surface area contributed by atoms with Gasteiger partial charge in [-0.2, -0.15) is 5.10 Å². The Morgan fingerprint density at radius 1 is 1.04 bits per heavy atom. The third-order valence-electron chi connectivity index (χ3n) is 4.60. The fraction of sp³-hybridized carbons (Fsp3) is 0.182. The second-order valence-corrected chi connectivity index (χ2v) is 6.75. The van der Waals surface area contributed by atoms with Crippen LogP contribution in [0.25, 0.3) is 22.0 Å². The van der Waals surface area contributed by atoms with Crippen molar-refractivity contribution in [2.75, 3.05) is 6.61 Å². The van der Waals surface area contributed by atoms with Gasteiger partial charge in [-0.25, -0.2) is 0 Å². The molecule has 144 valence electrons. The first-order valence-electron chi connectivity index (χ1n) is 9.01. The summed E-state index contributed by atoms with van der Waals surface area (Å²) in [4.78, 5) is 4.32. The number of halogens is 1. The number of ether oxygens (including phenoxy) is 1. The van der Waals surface area contributed by atoms with E-state index >= 15 is 0 Å². The Hall–Kier alpha value is -2.89. The highest BCUT2D eigenvalue weighted by molar-refractivity contribution is 5.86. The maximum Gasteiger partial charge on any atom is 0.138 e. The van der Waals surface area contributed by atoms with Gasteiger partial charge >= 0.3 is 0 Å². The van der Waals surface area contributed by atoms with E-state index < -0.39 is 0 Å². The van der Waals surface area contributed by atoms with Gasteiger partial charge in [0, 0.05) is 28.9 Å². The number of H-pyrrole nitrogens is 1. The smallest absolute Gasteiger partial charge is 0.138 e. The van der Waals surface area contributed by atoms with Crippen LogP contribution in [0.3, 0.4) is 0 Å². The number of hydrogen-bond donors (Lipinski definition) is 2. The molecule has 0 spiro atoms. The molecule has 2 aromatic heterocycles. The van der Waals surface area contributed by atoms with Gasteiger partial charge in [0.25, 0.3) is 0 Å². The first kappa shape index (κ1) is 19.9. The van der Waals surface area contributed by atoms with Crippen molar-refractivity contribution in [2.45, 2.75) is 19.4 Å². The summed E-state index contributed by atoms with van der Waals surface area (Å²) in [6, 6.07) is 18.3. The molecule has 0 aliphatic heterocycles. The molecule has 6 heteroatoms. The molecule has 2 aromatic carbocycles. The minimum atomic E-state index is -0.0685. The number of nitrogens with one attached hydrogen (secondary N) is 1. The van der Waals surface area contributed by atoms with Crippen molar-refractivity contribution >= 4 is 23.3 Å². The fourth-order valence-electron chi connectivity index (χ4n) is 3.15. The highest BCUT2D eigenvalue weighted by Gasteiger charge is 2.08. The van der Waals surface area contributed by atoms with E-state index in [9.17, 15) is 0 Å². The summed E-state index contributed by atoms with van der Waals surface area (Å²) in [5.74, 6) is 0.722. The number of aryl methyl sites for hydroxylation is 1. The van der Waals surface area contributed by atoms with Gasteiger partial charge in [-0.3, -0.25) is 10.1 Å². The van der Waals surface area contributed by atoms with E-state index in [1.165, 1.54) is 5.56 Å². The third-order valence-corrected chi connectivity index (χ3v) is 4.60. The summed E-state index contributed by atoms with van der Waals surface area (Å²) in [6.07, 6.45) is 4.35. The van der Waals surface area contributed by atoms with Crippen LogP contribution in [0.15, 0.2) is 67.0 Å². The minimum Gasteiger partial charge on any atom is -0.490 e. The minimum absolute atomic E-state index is 0. The van der Waals surface area contributed by atoms with E-state index in [1.807, 2.05) is 49.5 Å². The lowest BCUT2D eigenvalue weighted by Crippen LogP contribution is -2.30. The summed E-state index contributed by atoms with van der Waals surface area (Å²) in [5, 5.41) is 8.40. The lowest BCUT2D eigenvalue weighted by Gasteiger charge is -2.14. The Morgan fingerprint density at radius 2 is 1.86 bits per heavy atom. The zero-order valence-electron chi connectivity index (χ0n) is 15.6. The summed E-state index contributed by atoms with van der Waals surface area (Å²) >= 11 is 0. The number of aromatic nitrogens is 3. The number of aromatic amines is 1. The Kier molecular flexibility index (Phi) is 6.29. The predicted molar refractivity (Wildman–Crippen MR) is 115 cm³/mol. The molecule has 1 atom stereocenters. The molecule has 0 radical (unpaired) electrons. The van der Waals surface area contributed by atoms with Crippen molar-refractivity contribution in [1.29, 1.82) is 0 Å². The van der Waals surface area contributed by atoms with Gasteiger partial charge in [-0.1, -0.05) is 36.4 Å². The van der Waals surface area contributed by atoms with Crippen LogP contribution in [-0.4, -0.2) is 27.8 Å². The van der Waals surface area contributed by atoms with Gasteiger partial charge in [0.05, 0.1) is 11.7 Å². The largest absolute Gasteiger partial charge is 0.490 e. The van der Waals surface area contributed by atoms with Crippen LogP contribution in [0, 0.1) is 6.92 Å². The average Bonchev–Trinajstić information content (AvgIpc) is 3.08. The van der Waals surface area contributed by atoms with Crippen LogP contribution in [0.2, 0.25) is 0 Å². The SMILES string of the molecule is Cc1[nH]nc2ccc(-c3cncc(OCC(N)Cc4ccccc4)c3)cc12.Cl.